The van der Waals surface area contributed by atoms with Gasteiger partial charge in [-0.15, -0.1) is 0 Å². The summed E-state index contributed by atoms with van der Waals surface area (Å²) in [7, 11) is -3.72. The normalized spacial score (nSPS) is 17.6. The second-order valence-electron chi connectivity index (χ2n) is 4.46. The first-order valence-electron chi connectivity index (χ1n) is 5.52. The van der Waals surface area contributed by atoms with Crippen LogP contribution in [0.5, 0.6) is 0 Å². The van der Waals surface area contributed by atoms with Crippen molar-refractivity contribution in [2.75, 3.05) is 0 Å². The third-order valence-corrected chi connectivity index (χ3v) is 3.97. The largest absolute Gasteiger partial charge is 0.480 e. The maximum absolute atomic E-state index is 11.8. The maximum Gasteiger partial charge on any atom is 0.322 e. The molecule has 2 N–H and O–H groups in total. The predicted molar refractivity (Wildman–Crippen MR) is 61.1 cm³/mol. The molecule has 0 aliphatic heterocycles. The molecule has 1 unspecified atom stereocenters. The highest BCUT2D eigenvalue weighted by Gasteiger charge is 2.38. The zero-order valence-corrected chi connectivity index (χ0v) is 10.6. The number of hydrogen-bond donors (Lipinski definition) is 2. The van der Waals surface area contributed by atoms with E-state index in [1.165, 1.54) is 6.07 Å². The van der Waals surface area contributed by atoms with E-state index in [2.05, 4.69) is 9.88 Å². The van der Waals surface area contributed by atoms with E-state index >= 15 is 0 Å². The highest BCUT2D eigenvalue weighted by atomic mass is 32.2. The summed E-state index contributed by atoms with van der Waals surface area (Å²) in [6.45, 7) is 1.65. The molecule has 0 bridgehead atoms. The van der Waals surface area contributed by atoms with Gasteiger partial charge in [-0.25, -0.2) is 13.1 Å². The van der Waals surface area contributed by atoms with Crippen LogP contribution in [0.2, 0.25) is 0 Å². The number of carboxylic acid groups (broad SMARTS) is 1. The average Bonchev–Trinajstić information content (AvgIpc) is 3.00. The Balaban J connectivity index is 2.04. The molecule has 1 aromatic rings. The van der Waals surface area contributed by atoms with Gasteiger partial charge in [0.2, 0.25) is 10.0 Å². The first-order chi connectivity index (χ1) is 8.37. The van der Waals surface area contributed by atoms with Crippen molar-refractivity contribution in [3.05, 3.63) is 17.5 Å². The summed E-state index contributed by atoms with van der Waals surface area (Å²) in [5.74, 6) is -1.10. The lowest BCUT2D eigenvalue weighted by molar-refractivity contribution is -0.139. The highest BCUT2D eigenvalue weighted by molar-refractivity contribution is 7.88. The Bertz CT molecular complexity index is 546. The Kier molecular flexibility index (Phi) is 3.40. The van der Waals surface area contributed by atoms with Gasteiger partial charge in [0, 0.05) is 6.07 Å². The van der Waals surface area contributed by atoms with Gasteiger partial charge in [-0.2, -0.15) is 0 Å². The highest BCUT2D eigenvalue weighted by Crippen LogP contribution is 2.33. The molecule has 2 rings (SSSR count). The maximum atomic E-state index is 11.8. The third-order valence-electron chi connectivity index (χ3n) is 2.68. The first-order valence-corrected chi connectivity index (χ1v) is 7.17. The van der Waals surface area contributed by atoms with Gasteiger partial charge in [-0.1, -0.05) is 5.16 Å². The Labute approximate surface area is 104 Å². The van der Waals surface area contributed by atoms with Crippen LogP contribution in [0.4, 0.5) is 0 Å². The van der Waals surface area contributed by atoms with Crippen molar-refractivity contribution in [1.82, 2.24) is 9.88 Å². The number of aryl methyl sites for hydroxylation is 1. The number of sulfonamides is 1. The molecule has 0 radical (unpaired) electrons. The van der Waals surface area contributed by atoms with E-state index in [9.17, 15) is 13.2 Å². The van der Waals surface area contributed by atoms with Crippen LogP contribution in [-0.4, -0.2) is 30.7 Å². The van der Waals surface area contributed by atoms with Crippen LogP contribution in [-0.2, 0) is 20.6 Å². The van der Waals surface area contributed by atoms with E-state index in [4.69, 9.17) is 9.63 Å². The summed E-state index contributed by atoms with van der Waals surface area (Å²) >= 11 is 0. The van der Waals surface area contributed by atoms with Crippen LogP contribution >= 0.6 is 0 Å². The van der Waals surface area contributed by atoms with Crippen LogP contribution in [0.15, 0.2) is 10.6 Å². The fourth-order valence-corrected chi connectivity index (χ4v) is 2.98. The quantitative estimate of drug-likeness (QED) is 0.770. The molecule has 1 heterocycles. The number of carbonyl (C=O) groups is 1. The SMILES string of the molecule is Cc1cc(CS(=O)(=O)NC(C(=O)O)C2CC2)no1. The van der Waals surface area contributed by atoms with Crippen LogP contribution in [0.25, 0.3) is 0 Å². The molecule has 0 saturated heterocycles. The molecule has 0 spiro atoms. The van der Waals surface area contributed by atoms with Gasteiger partial charge in [0.1, 0.15) is 23.2 Å². The van der Waals surface area contributed by atoms with E-state index in [-0.39, 0.29) is 17.4 Å². The van der Waals surface area contributed by atoms with Crippen LogP contribution in [0, 0.1) is 12.8 Å². The minimum Gasteiger partial charge on any atom is -0.480 e. The fraction of sp³-hybridized carbons (Fsp3) is 0.600. The molecular formula is C10H14N2O5S. The zero-order valence-electron chi connectivity index (χ0n) is 9.79. The standard InChI is InChI=1S/C10H14N2O5S/c1-6-4-8(11-17-6)5-18(15,16)12-9(10(13)14)7-2-3-7/h4,7,9,12H,2-3,5H2,1H3,(H,13,14). The molecule has 7 nitrogen and oxygen atoms in total. The van der Waals surface area contributed by atoms with Crippen molar-refractivity contribution in [3.63, 3.8) is 0 Å². The molecule has 1 aliphatic carbocycles. The molecule has 18 heavy (non-hydrogen) atoms. The zero-order chi connectivity index (χ0) is 13.3. The number of nitrogens with one attached hydrogen (secondary N) is 1. The Morgan fingerprint density at radius 1 is 1.67 bits per heavy atom. The van der Waals surface area contributed by atoms with Gasteiger partial charge in [0.25, 0.3) is 0 Å². The summed E-state index contributed by atoms with van der Waals surface area (Å²) in [4.78, 5) is 11.0. The Morgan fingerprint density at radius 2 is 2.33 bits per heavy atom. The van der Waals surface area contributed by atoms with Gasteiger partial charge < -0.3 is 9.63 Å². The predicted octanol–water partition coefficient (Wildman–Crippen LogP) is 0.266. The van der Waals surface area contributed by atoms with E-state index < -0.39 is 22.0 Å². The lowest BCUT2D eigenvalue weighted by atomic mass is 10.2. The molecule has 100 valence electrons. The molecule has 0 aromatic carbocycles. The van der Waals surface area contributed by atoms with Crippen molar-refractivity contribution in [1.29, 1.82) is 0 Å². The molecule has 1 aromatic heterocycles. The van der Waals surface area contributed by atoms with Gasteiger partial charge in [0.15, 0.2) is 0 Å². The molecular weight excluding hydrogens is 260 g/mol. The third kappa shape index (κ3) is 3.30. The molecule has 1 atom stereocenters. The monoisotopic (exact) mass is 274 g/mol. The fourth-order valence-electron chi connectivity index (χ4n) is 1.69. The number of aliphatic carboxylic acids is 1. The summed E-state index contributed by atoms with van der Waals surface area (Å²) in [6.07, 6.45) is 1.48. The smallest absolute Gasteiger partial charge is 0.322 e. The number of carboxylic acids is 1. The molecule has 1 aliphatic rings. The van der Waals surface area contributed by atoms with Crippen molar-refractivity contribution in [2.24, 2.45) is 5.92 Å². The summed E-state index contributed by atoms with van der Waals surface area (Å²) in [6, 6.07) is 0.467. The molecule has 1 saturated carbocycles. The lowest BCUT2D eigenvalue weighted by Gasteiger charge is -2.12. The van der Waals surface area contributed by atoms with E-state index in [1.54, 1.807) is 6.92 Å². The minimum absolute atomic E-state index is 0.101. The van der Waals surface area contributed by atoms with Crippen molar-refractivity contribution < 1.29 is 22.8 Å². The number of rotatable bonds is 6. The minimum atomic E-state index is -3.72. The van der Waals surface area contributed by atoms with Crippen molar-refractivity contribution in [2.45, 2.75) is 31.6 Å². The number of hydrogen-bond acceptors (Lipinski definition) is 5. The van der Waals surface area contributed by atoms with Crippen molar-refractivity contribution >= 4 is 16.0 Å². The average molecular weight is 274 g/mol. The van der Waals surface area contributed by atoms with Crippen LogP contribution in [0.3, 0.4) is 0 Å². The summed E-state index contributed by atoms with van der Waals surface area (Å²) in [5.41, 5.74) is 0.264. The number of aromatic nitrogens is 1. The van der Waals surface area contributed by atoms with Crippen LogP contribution in [0.1, 0.15) is 24.3 Å². The van der Waals surface area contributed by atoms with Crippen LogP contribution < -0.4 is 4.72 Å². The van der Waals surface area contributed by atoms with Gasteiger partial charge in [0.05, 0.1) is 0 Å². The number of nitrogens with zero attached hydrogens (tertiary/aromatic N) is 1. The summed E-state index contributed by atoms with van der Waals surface area (Å²) < 4.78 is 30.6. The molecule has 0 amide bonds. The van der Waals surface area contributed by atoms with Gasteiger partial charge in [-0.3, -0.25) is 4.79 Å². The van der Waals surface area contributed by atoms with Crippen molar-refractivity contribution in [3.8, 4) is 0 Å². The second kappa shape index (κ2) is 4.69. The molecule has 8 heteroatoms. The topological polar surface area (TPSA) is 110 Å². The van der Waals surface area contributed by atoms with E-state index in [1.807, 2.05) is 0 Å². The Morgan fingerprint density at radius 3 is 2.78 bits per heavy atom. The van der Waals surface area contributed by atoms with E-state index in [0.717, 1.165) is 12.8 Å². The van der Waals surface area contributed by atoms with Gasteiger partial charge in [-0.05, 0) is 25.7 Å². The van der Waals surface area contributed by atoms with Gasteiger partial charge >= 0.3 is 5.97 Å². The summed E-state index contributed by atoms with van der Waals surface area (Å²) in [5, 5.41) is 12.5. The second-order valence-corrected chi connectivity index (χ2v) is 6.21. The first kappa shape index (κ1) is 13.0. The Hall–Kier alpha value is -1.41. The lowest BCUT2D eigenvalue weighted by Crippen LogP contribution is -2.42. The molecule has 1 fully saturated rings. The van der Waals surface area contributed by atoms with E-state index in [0.29, 0.717) is 5.76 Å².